The molecule has 27 heavy (non-hydrogen) atoms. The van der Waals surface area contributed by atoms with Crippen LogP contribution >= 0.6 is 11.8 Å². The summed E-state index contributed by atoms with van der Waals surface area (Å²) in [6.07, 6.45) is 1.91. The van der Waals surface area contributed by atoms with Gasteiger partial charge in [-0.1, -0.05) is 42.5 Å². The molecule has 0 bridgehead atoms. The number of para-hydroxylation sites is 1. The molecular formula is C22H22N2O2S. The van der Waals surface area contributed by atoms with E-state index in [1.807, 2.05) is 46.2 Å². The van der Waals surface area contributed by atoms with Crippen LogP contribution in [0.4, 0.5) is 5.69 Å². The first kappa shape index (κ1) is 16.9. The summed E-state index contributed by atoms with van der Waals surface area (Å²) < 4.78 is 0. The molecule has 4 nitrogen and oxygen atoms in total. The molecule has 1 saturated heterocycles. The van der Waals surface area contributed by atoms with Crippen LogP contribution in [0.1, 0.15) is 29.5 Å². The van der Waals surface area contributed by atoms with Crippen LogP contribution in [0, 0.1) is 12.8 Å². The Labute approximate surface area is 163 Å². The molecule has 138 valence electrons. The molecule has 2 aromatic carbocycles. The van der Waals surface area contributed by atoms with Crippen LogP contribution in [-0.2, 0) is 21.0 Å². The molecule has 2 amide bonds. The van der Waals surface area contributed by atoms with Crippen molar-refractivity contribution in [1.82, 2.24) is 4.90 Å². The lowest BCUT2D eigenvalue weighted by atomic mass is 10.1. The van der Waals surface area contributed by atoms with Gasteiger partial charge in [-0.15, -0.1) is 11.8 Å². The molecule has 5 heteroatoms. The summed E-state index contributed by atoms with van der Waals surface area (Å²) in [7, 11) is 0. The molecule has 5 rings (SSSR count). The summed E-state index contributed by atoms with van der Waals surface area (Å²) in [5, 5.41) is 0. The van der Waals surface area contributed by atoms with Gasteiger partial charge < -0.3 is 9.80 Å². The number of hydrogen-bond acceptors (Lipinski definition) is 3. The average molecular weight is 378 g/mol. The highest BCUT2D eigenvalue weighted by Gasteiger charge is 2.60. The van der Waals surface area contributed by atoms with E-state index in [0.717, 1.165) is 35.4 Å². The fourth-order valence-corrected chi connectivity index (χ4v) is 5.72. The number of aryl methyl sites for hydroxylation is 1. The molecule has 1 aliphatic carbocycles. The zero-order valence-electron chi connectivity index (χ0n) is 15.4. The van der Waals surface area contributed by atoms with Crippen LogP contribution in [-0.4, -0.2) is 29.0 Å². The van der Waals surface area contributed by atoms with E-state index in [-0.39, 0.29) is 17.7 Å². The van der Waals surface area contributed by atoms with E-state index >= 15 is 0 Å². The minimum Gasteiger partial charge on any atom is -0.315 e. The molecule has 0 radical (unpaired) electrons. The summed E-state index contributed by atoms with van der Waals surface area (Å²) in [5.74, 6) is 1.10. The maximum absolute atomic E-state index is 13.8. The molecule has 1 spiro atoms. The number of carbonyl (C=O) groups excluding carboxylic acids is 2. The highest BCUT2D eigenvalue weighted by molar-refractivity contribution is 8.01. The van der Waals surface area contributed by atoms with Crippen molar-refractivity contribution in [3.05, 3.63) is 65.2 Å². The standard InChI is InChI=1S/C22H22N2O2S/c1-15-6-2-3-7-17(15)14-23-19-9-5-4-8-18(19)22(21(23)26)24(12-13-27-22)20(25)16-10-11-16/h2-9,16H,10-14H2,1H3/t22-/m1/s1. The smallest absolute Gasteiger partial charge is 0.268 e. The number of thioether (sulfide) groups is 1. The molecule has 0 aromatic heterocycles. The number of rotatable bonds is 3. The molecule has 2 heterocycles. The first-order valence-corrected chi connectivity index (χ1v) is 10.5. The number of hydrogen-bond donors (Lipinski definition) is 0. The second-order valence-corrected chi connectivity index (χ2v) is 8.88. The Morgan fingerprint density at radius 2 is 1.89 bits per heavy atom. The Balaban J connectivity index is 1.59. The van der Waals surface area contributed by atoms with Gasteiger partial charge in [-0.25, -0.2) is 0 Å². The van der Waals surface area contributed by atoms with Gasteiger partial charge in [-0.2, -0.15) is 0 Å². The van der Waals surface area contributed by atoms with Gasteiger partial charge in [0.15, 0.2) is 4.87 Å². The number of fused-ring (bicyclic) bond motifs is 2. The van der Waals surface area contributed by atoms with Gasteiger partial charge in [0, 0.05) is 23.8 Å². The van der Waals surface area contributed by atoms with E-state index < -0.39 is 4.87 Å². The van der Waals surface area contributed by atoms with Gasteiger partial charge in [-0.3, -0.25) is 9.59 Å². The first-order valence-electron chi connectivity index (χ1n) is 9.54. The minimum absolute atomic E-state index is 0.0310. The van der Waals surface area contributed by atoms with Gasteiger partial charge in [0.25, 0.3) is 5.91 Å². The number of benzene rings is 2. The van der Waals surface area contributed by atoms with Crippen LogP contribution in [0.3, 0.4) is 0 Å². The number of nitrogens with zero attached hydrogens (tertiary/aromatic N) is 2. The Hall–Kier alpha value is -2.27. The Kier molecular flexibility index (Phi) is 3.83. The number of amides is 2. The van der Waals surface area contributed by atoms with E-state index in [0.29, 0.717) is 13.1 Å². The van der Waals surface area contributed by atoms with Crippen molar-refractivity contribution in [3.8, 4) is 0 Å². The van der Waals surface area contributed by atoms with Gasteiger partial charge in [-0.05, 0) is 37.0 Å². The third kappa shape index (κ3) is 2.44. The fraction of sp³-hybridized carbons (Fsp3) is 0.364. The largest absolute Gasteiger partial charge is 0.315 e. The van der Waals surface area contributed by atoms with Crippen molar-refractivity contribution in [2.75, 3.05) is 17.2 Å². The van der Waals surface area contributed by atoms with Crippen LogP contribution in [0.15, 0.2) is 48.5 Å². The molecule has 2 aliphatic heterocycles. The summed E-state index contributed by atoms with van der Waals surface area (Å²) in [6, 6.07) is 16.2. The lowest BCUT2D eigenvalue weighted by molar-refractivity contribution is -0.141. The minimum atomic E-state index is -0.876. The lowest BCUT2D eigenvalue weighted by Gasteiger charge is -2.33. The lowest BCUT2D eigenvalue weighted by Crippen LogP contribution is -2.50. The van der Waals surface area contributed by atoms with Crippen molar-refractivity contribution >= 4 is 29.3 Å². The molecule has 2 aromatic rings. The normalized spacial score (nSPS) is 24.0. The fourth-order valence-electron chi connectivity index (χ4n) is 4.25. The maximum Gasteiger partial charge on any atom is 0.268 e. The Bertz CT molecular complexity index is 939. The van der Waals surface area contributed by atoms with Crippen LogP contribution in [0.25, 0.3) is 0 Å². The van der Waals surface area contributed by atoms with Gasteiger partial charge >= 0.3 is 0 Å². The van der Waals surface area contributed by atoms with E-state index in [1.165, 1.54) is 5.56 Å². The monoisotopic (exact) mass is 378 g/mol. The quantitative estimate of drug-likeness (QED) is 0.818. The summed E-state index contributed by atoms with van der Waals surface area (Å²) >= 11 is 1.62. The summed E-state index contributed by atoms with van der Waals surface area (Å²) in [5.41, 5.74) is 4.23. The SMILES string of the molecule is Cc1ccccc1CN1C(=O)[C@]2(SCCN2C(=O)C2CC2)c2ccccc21. The van der Waals surface area contributed by atoms with E-state index in [1.54, 1.807) is 11.8 Å². The zero-order chi connectivity index (χ0) is 18.6. The second kappa shape index (κ2) is 6.13. The Morgan fingerprint density at radius 3 is 2.67 bits per heavy atom. The topological polar surface area (TPSA) is 40.6 Å². The molecule has 2 fully saturated rings. The molecule has 1 atom stereocenters. The van der Waals surface area contributed by atoms with E-state index in [4.69, 9.17) is 0 Å². The summed E-state index contributed by atoms with van der Waals surface area (Å²) in [6.45, 7) is 3.26. The predicted octanol–water partition coefficient (Wildman–Crippen LogP) is 3.68. The van der Waals surface area contributed by atoms with Gasteiger partial charge in [0.1, 0.15) is 0 Å². The number of carbonyl (C=O) groups is 2. The highest BCUT2D eigenvalue weighted by Crippen LogP contribution is 2.55. The van der Waals surface area contributed by atoms with Gasteiger partial charge in [0.2, 0.25) is 5.91 Å². The van der Waals surface area contributed by atoms with Crippen LogP contribution in [0.2, 0.25) is 0 Å². The molecule has 3 aliphatic rings. The van der Waals surface area contributed by atoms with Crippen molar-refractivity contribution in [2.24, 2.45) is 5.92 Å². The third-order valence-corrected chi connectivity index (χ3v) is 7.30. The van der Waals surface area contributed by atoms with E-state index in [2.05, 4.69) is 19.1 Å². The molecule has 1 saturated carbocycles. The maximum atomic E-state index is 13.8. The predicted molar refractivity (Wildman–Crippen MR) is 107 cm³/mol. The van der Waals surface area contributed by atoms with Crippen LogP contribution in [0.5, 0.6) is 0 Å². The zero-order valence-corrected chi connectivity index (χ0v) is 16.2. The van der Waals surface area contributed by atoms with Crippen molar-refractivity contribution in [2.45, 2.75) is 31.2 Å². The average Bonchev–Trinajstić information content (AvgIpc) is 3.40. The van der Waals surface area contributed by atoms with Crippen LogP contribution < -0.4 is 4.90 Å². The van der Waals surface area contributed by atoms with Crippen molar-refractivity contribution in [1.29, 1.82) is 0 Å². The summed E-state index contributed by atoms with van der Waals surface area (Å²) in [4.78, 5) is 29.6. The van der Waals surface area contributed by atoms with Crippen molar-refractivity contribution in [3.63, 3.8) is 0 Å². The first-order chi connectivity index (χ1) is 13.1. The molecule has 0 unspecified atom stereocenters. The van der Waals surface area contributed by atoms with Crippen molar-refractivity contribution < 1.29 is 9.59 Å². The molecule has 0 N–H and O–H groups in total. The second-order valence-electron chi connectivity index (χ2n) is 7.59. The van der Waals surface area contributed by atoms with Gasteiger partial charge in [0.05, 0.1) is 12.2 Å². The molecular weight excluding hydrogens is 356 g/mol. The Morgan fingerprint density at radius 1 is 1.15 bits per heavy atom. The van der Waals surface area contributed by atoms with E-state index in [9.17, 15) is 9.59 Å². The number of anilines is 1. The third-order valence-electron chi connectivity index (χ3n) is 5.88. The highest BCUT2D eigenvalue weighted by atomic mass is 32.2.